The van der Waals surface area contributed by atoms with Crippen LogP contribution in [0.25, 0.3) is 0 Å². The number of halogens is 1. The zero-order chi connectivity index (χ0) is 16.1. The number of aryl methyl sites for hydroxylation is 1. The predicted molar refractivity (Wildman–Crippen MR) is 86.1 cm³/mol. The lowest BCUT2D eigenvalue weighted by Crippen LogP contribution is -2.47. The second-order valence-corrected chi connectivity index (χ2v) is 5.77. The lowest BCUT2D eigenvalue weighted by atomic mass is 10.1. The first-order chi connectivity index (χ1) is 10.6. The van der Waals surface area contributed by atoms with Gasteiger partial charge in [0.2, 0.25) is 0 Å². The van der Waals surface area contributed by atoms with E-state index in [1.165, 1.54) is 5.12 Å². The Bertz CT molecular complexity index is 552. The Kier molecular flexibility index (Phi) is 5.90. The van der Waals surface area contributed by atoms with Crippen LogP contribution in [0.5, 0.6) is 0 Å². The number of alkyl halides is 1. The zero-order valence-corrected chi connectivity index (χ0v) is 13.9. The minimum atomic E-state index is -0.634. The van der Waals surface area contributed by atoms with E-state index in [4.69, 9.17) is 10.6 Å². The van der Waals surface area contributed by atoms with Gasteiger partial charge in [-0.05, 0) is 18.4 Å². The predicted octanol–water partition coefficient (Wildman–Crippen LogP) is 1.88. The third-order valence-corrected chi connectivity index (χ3v) is 4.39. The highest BCUT2D eigenvalue weighted by Crippen LogP contribution is 2.33. The lowest BCUT2D eigenvalue weighted by molar-refractivity contribution is -0.428. The summed E-state index contributed by atoms with van der Waals surface area (Å²) in [5.74, 6) is 5.96. The average molecular weight is 371 g/mol. The van der Waals surface area contributed by atoms with Gasteiger partial charge in [-0.1, -0.05) is 46.3 Å². The Hall–Kier alpha value is -1.48. The summed E-state index contributed by atoms with van der Waals surface area (Å²) in [5.41, 5.74) is 1.84. The molecule has 0 saturated heterocycles. The first-order valence-corrected chi connectivity index (χ1v) is 7.83. The van der Waals surface area contributed by atoms with Gasteiger partial charge in [-0.25, -0.2) is 5.84 Å². The summed E-state index contributed by atoms with van der Waals surface area (Å²) in [6.07, 6.45) is 1.25. The number of nitro groups is 1. The Morgan fingerprint density at radius 1 is 1.36 bits per heavy atom. The monoisotopic (exact) mass is 370 g/mol. The molecule has 2 rings (SSSR count). The van der Waals surface area contributed by atoms with Gasteiger partial charge in [0.25, 0.3) is 5.70 Å². The fourth-order valence-corrected chi connectivity index (χ4v) is 3.09. The molecule has 1 aromatic rings. The molecular weight excluding hydrogens is 352 g/mol. The first-order valence-electron chi connectivity index (χ1n) is 6.92. The van der Waals surface area contributed by atoms with E-state index >= 15 is 0 Å². The van der Waals surface area contributed by atoms with E-state index in [2.05, 4.69) is 15.9 Å². The number of methoxy groups -OCH3 is 1. The highest BCUT2D eigenvalue weighted by atomic mass is 79.9. The van der Waals surface area contributed by atoms with E-state index in [0.29, 0.717) is 31.7 Å². The number of nitrogens with zero attached hydrogens (tertiary/aromatic N) is 3. The van der Waals surface area contributed by atoms with Crippen molar-refractivity contribution in [3.05, 3.63) is 57.4 Å². The average Bonchev–Trinajstić information content (AvgIpc) is 2.75. The maximum absolute atomic E-state index is 11.4. The van der Waals surface area contributed by atoms with Crippen LogP contribution in [0.3, 0.4) is 0 Å². The Morgan fingerprint density at radius 3 is 2.64 bits per heavy atom. The molecule has 0 spiro atoms. The molecule has 1 aliphatic heterocycles. The van der Waals surface area contributed by atoms with Gasteiger partial charge in [-0.3, -0.25) is 15.1 Å². The van der Waals surface area contributed by atoms with Gasteiger partial charge in [0.05, 0.1) is 18.1 Å². The van der Waals surface area contributed by atoms with Crippen molar-refractivity contribution in [3.63, 3.8) is 0 Å². The SMILES string of the molecule is COCCN1C(CCc2ccccc2)=C([N+](=O)[O-])C(Br)N1N. The van der Waals surface area contributed by atoms with Gasteiger partial charge in [0.1, 0.15) is 5.70 Å². The normalized spacial score (nSPS) is 19.0. The molecule has 0 bridgehead atoms. The van der Waals surface area contributed by atoms with E-state index in [1.807, 2.05) is 30.3 Å². The molecular formula is C14H19BrN4O3. The molecule has 1 heterocycles. The highest BCUT2D eigenvalue weighted by Gasteiger charge is 2.43. The number of hydrogen-bond donors (Lipinski definition) is 1. The van der Waals surface area contributed by atoms with Gasteiger partial charge >= 0.3 is 0 Å². The molecule has 1 aliphatic rings. The van der Waals surface area contributed by atoms with Crippen LogP contribution in [0.1, 0.15) is 12.0 Å². The topological polar surface area (TPSA) is 84.9 Å². The van der Waals surface area contributed by atoms with Crippen molar-refractivity contribution >= 4 is 15.9 Å². The highest BCUT2D eigenvalue weighted by molar-refractivity contribution is 9.09. The van der Waals surface area contributed by atoms with Crippen LogP contribution in [0.2, 0.25) is 0 Å². The molecule has 7 nitrogen and oxygen atoms in total. The quantitative estimate of drug-likeness (QED) is 0.259. The largest absolute Gasteiger partial charge is 0.383 e. The Labute approximate surface area is 137 Å². The first kappa shape index (κ1) is 16.9. The van der Waals surface area contributed by atoms with Crippen molar-refractivity contribution in [2.75, 3.05) is 20.3 Å². The van der Waals surface area contributed by atoms with Crippen LogP contribution >= 0.6 is 15.9 Å². The smallest absolute Gasteiger partial charge is 0.297 e. The number of benzene rings is 1. The number of nitrogens with two attached hydrogens (primary N) is 1. The van der Waals surface area contributed by atoms with E-state index in [-0.39, 0.29) is 10.6 Å². The molecule has 0 amide bonds. The number of allylic oxidation sites excluding steroid dienone is 1. The Morgan fingerprint density at radius 2 is 2.05 bits per heavy atom. The van der Waals surface area contributed by atoms with Crippen molar-refractivity contribution in [1.29, 1.82) is 0 Å². The Balaban J connectivity index is 2.21. The van der Waals surface area contributed by atoms with Crippen LogP contribution in [0, 0.1) is 10.1 Å². The minimum absolute atomic E-state index is 0.0922. The maximum atomic E-state index is 11.4. The van der Waals surface area contributed by atoms with Crippen molar-refractivity contribution in [1.82, 2.24) is 10.1 Å². The molecule has 0 aromatic heterocycles. The second-order valence-electron chi connectivity index (χ2n) is 4.91. The van der Waals surface area contributed by atoms with Gasteiger partial charge in [-0.2, -0.15) is 0 Å². The van der Waals surface area contributed by atoms with Gasteiger partial charge in [0, 0.05) is 7.11 Å². The lowest BCUT2D eigenvalue weighted by Gasteiger charge is -2.28. The summed E-state index contributed by atoms with van der Waals surface area (Å²) in [6, 6.07) is 9.87. The van der Waals surface area contributed by atoms with Crippen LogP contribution in [0.15, 0.2) is 41.7 Å². The standard InChI is InChI=1S/C14H19BrN4O3/c1-22-10-9-17-12(8-7-11-5-3-2-4-6-11)13(19(20)21)14(15)18(17)16/h2-6,14H,7-10,16H2,1H3. The van der Waals surface area contributed by atoms with E-state index in [0.717, 1.165) is 5.56 Å². The molecule has 1 atom stereocenters. The molecule has 0 radical (unpaired) electrons. The minimum Gasteiger partial charge on any atom is -0.383 e. The summed E-state index contributed by atoms with van der Waals surface area (Å²) in [6.45, 7) is 0.907. The number of hydrogen-bond acceptors (Lipinski definition) is 6. The maximum Gasteiger partial charge on any atom is 0.297 e. The third kappa shape index (κ3) is 3.64. The van der Waals surface area contributed by atoms with Crippen molar-refractivity contribution in [2.24, 2.45) is 5.84 Å². The van der Waals surface area contributed by atoms with E-state index in [1.54, 1.807) is 12.1 Å². The summed E-state index contributed by atoms with van der Waals surface area (Å²) in [4.78, 5) is 10.4. The molecule has 8 heteroatoms. The van der Waals surface area contributed by atoms with Crippen molar-refractivity contribution in [2.45, 2.75) is 17.8 Å². The molecule has 2 N–H and O–H groups in total. The van der Waals surface area contributed by atoms with Gasteiger partial charge < -0.3 is 4.74 Å². The third-order valence-electron chi connectivity index (χ3n) is 3.54. The van der Waals surface area contributed by atoms with Crippen molar-refractivity contribution in [3.8, 4) is 0 Å². The number of ether oxygens (including phenoxy) is 1. The zero-order valence-electron chi connectivity index (χ0n) is 12.3. The van der Waals surface area contributed by atoms with Gasteiger partial charge in [0.15, 0.2) is 4.95 Å². The van der Waals surface area contributed by atoms with Crippen LogP contribution in [-0.4, -0.2) is 40.3 Å². The molecule has 1 unspecified atom stereocenters. The number of hydrazine groups is 2. The van der Waals surface area contributed by atoms with Crippen LogP contribution in [0.4, 0.5) is 0 Å². The van der Waals surface area contributed by atoms with E-state index in [9.17, 15) is 10.1 Å². The fourth-order valence-electron chi connectivity index (χ4n) is 2.44. The van der Waals surface area contributed by atoms with Crippen molar-refractivity contribution < 1.29 is 9.66 Å². The summed E-state index contributed by atoms with van der Waals surface area (Å²) >= 11 is 3.29. The molecule has 120 valence electrons. The molecule has 0 saturated carbocycles. The second kappa shape index (κ2) is 7.68. The summed E-state index contributed by atoms with van der Waals surface area (Å²) in [7, 11) is 1.59. The van der Waals surface area contributed by atoms with Crippen LogP contribution in [-0.2, 0) is 11.2 Å². The molecule has 0 fully saturated rings. The molecule has 22 heavy (non-hydrogen) atoms. The molecule has 0 aliphatic carbocycles. The van der Waals surface area contributed by atoms with Gasteiger partial charge in [-0.15, -0.1) is 5.12 Å². The van der Waals surface area contributed by atoms with Crippen LogP contribution < -0.4 is 5.84 Å². The summed E-state index contributed by atoms with van der Waals surface area (Å²) < 4.78 is 5.06. The fraction of sp³-hybridized carbons (Fsp3) is 0.429. The van der Waals surface area contributed by atoms with E-state index < -0.39 is 4.95 Å². The number of rotatable bonds is 7. The summed E-state index contributed by atoms with van der Waals surface area (Å²) in [5, 5.41) is 14.4. The molecule has 1 aromatic carbocycles.